The van der Waals surface area contributed by atoms with E-state index in [4.69, 9.17) is 0 Å². The number of hydrogen-bond donors (Lipinski definition) is 1. The Labute approximate surface area is 126 Å². The topological polar surface area (TPSA) is 52.9 Å². The molecule has 1 aliphatic rings. The van der Waals surface area contributed by atoms with Gasteiger partial charge in [-0.05, 0) is 12.0 Å². The molecule has 22 heavy (non-hydrogen) atoms. The van der Waals surface area contributed by atoms with Crippen molar-refractivity contribution < 1.29 is 23.1 Å². The normalized spacial score (nSPS) is 21.9. The van der Waals surface area contributed by atoms with Crippen molar-refractivity contribution in [2.45, 2.75) is 44.5 Å². The van der Waals surface area contributed by atoms with Crippen LogP contribution in [0.15, 0.2) is 35.4 Å². The van der Waals surface area contributed by atoms with Crippen molar-refractivity contribution in [3.05, 3.63) is 35.9 Å². The lowest BCUT2D eigenvalue weighted by atomic mass is 10.0. The first kappa shape index (κ1) is 16.5. The van der Waals surface area contributed by atoms with Gasteiger partial charge in [0.05, 0.1) is 6.42 Å². The zero-order valence-corrected chi connectivity index (χ0v) is 12.1. The van der Waals surface area contributed by atoms with Crippen LogP contribution < -0.4 is 0 Å². The average Bonchev–Trinajstić information content (AvgIpc) is 2.78. The van der Waals surface area contributed by atoms with Gasteiger partial charge in [-0.15, -0.1) is 0 Å². The van der Waals surface area contributed by atoms with Crippen molar-refractivity contribution in [1.29, 1.82) is 0 Å². The number of hydrazone groups is 1. The number of hydrogen-bond acceptors (Lipinski definition) is 3. The van der Waals surface area contributed by atoms with Crippen molar-refractivity contribution in [3.8, 4) is 0 Å². The quantitative estimate of drug-likeness (QED) is 0.929. The number of nitrogens with zero attached hydrogens (tertiary/aromatic N) is 2. The van der Waals surface area contributed by atoms with Gasteiger partial charge >= 0.3 is 6.18 Å². The van der Waals surface area contributed by atoms with Crippen LogP contribution in [-0.2, 0) is 11.2 Å². The summed E-state index contributed by atoms with van der Waals surface area (Å²) in [4.78, 5) is 12.2. The van der Waals surface area contributed by atoms with Gasteiger partial charge in [0.25, 0.3) is 5.72 Å². The van der Waals surface area contributed by atoms with Gasteiger partial charge in [-0.3, -0.25) is 4.79 Å². The molecule has 0 aliphatic carbocycles. The second-order valence-corrected chi connectivity index (χ2v) is 5.28. The number of amides is 1. The molecule has 1 aromatic carbocycles. The Bertz CT molecular complexity index is 572. The Kier molecular flexibility index (Phi) is 4.55. The monoisotopic (exact) mass is 314 g/mol. The summed E-state index contributed by atoms with van der Waals surface area (Å²) in [7, 11) is 0. The third-order valence-electron chi connectivity index (χ3n) is 3.47. The number of halogens is 3. The van der Waals surface area contributed by atoms with Gasteiger partial charge in [-0.1, -0.05) is 43.7 Å². The van der Waals surface area contributed by atoms with Crippen LogP contribution in [0, 0.1) is 0 Å². The summed E-state index contributed by atoms with van der Waals surface area (Å²) in [5.41, 5.74) is -2.50. The fourth-order valence-corrected chi connectivity index (χ4v) is 2.37. The highest BCUT2D eigenvalue weighted by molar-refractivity contribution is 5.91. The Hall–Kier alpha value is -1.89. The molecule has 1 N–H and O–H groups in total. The second kappa shape index (κ2) is 6.08. The Balaban J connectivity index is 2.25. The van der Waals surface area contributed by atoms with E-state index in [2.05, 4.69) is 5.10 Å². The maximum atomic E-state index is 13.2. The average molecular weight is 314 g/mol. The van der Waals surface area contributed by atoms with Crippen LogP contribution in [0.1, 0.15) is 31.7 Å². The van der Waals surface area contributed by atoms with E-state index in [9.17, 15) is 23.1 Å². The number of alkyl halides is 3. The third kappa shape index (κ3) is 3.14. The maximum Gasteiger partial charge on any atom is 0.438 e. The van der Waals surface area contributed by atoms with Gasteiger partial charge in [0.2, 0.25) is 5.91 Å². The summed E-state index contributed by atoms with van der Waals surface area (Å²) in [6.07, 6.45) is -4.99. The lowest BCUT2D eigenvalue weighted by molar-refractivity contribution is -0.302. The summed E-state index contributed by atoms with van der Waals surface area (Å²) < 4.78 is 39.6. The molecule has 0 aromatic heterocycles. The van der Waals surface area contributed by atoms with Crippen molar-refractivity contribution in [3.63, 3.8) is 0 Å². The van der Waals surface area contributed by atoms with Gasteiger partial charge in [-0.2, -0.15) is 23.3 Å². The van der Waals surface area contributed by atoms with Crippen LogP contribution in [-0.4, -0.2) is 33.6 Å². The van der Waals surface area contributed by atoms with E-state index in [0.29, 0.717) is 18.4 Å². The molecule has 7 heteroatoms. The van der Waals surface area contributed by atoms with Crippen molar-refractivity contribution in [1.82, 2.24) is 5.01 Å². The summed E-state index contributed by atoms with van der Waals surface area (Å²) in [5, 5.41) is 13.9. The fraction of sp³-hybridized carbons (Fsp3) is 0.467. The van der Waals surface area contributed by atoms with Gasteiger partial charge in [0.15, 0.2) is 0 Å². The molecule has 1 unspecified atom stereocenters. The van der Waals surface area contributed by atoms with Gasteiger partial charge in [-0.25, -0.2) is 0 Å². The van der Waals surface area contributed by atoms with Gasteiger partial charge in [0, 0.05) is 12.1 Å². The molecule has 0 radical (unpaired) electrons. The van der Waals surface area contributed by atoms with Gasteiger partial charge < -0.3 is 5.11 Å². The predicted octanol–water partition coefficient (Wildman–Crippen LogP) is 2.87. The highest BCUT2D eigenvalue weighted by Gasteiger charge is 2.62. The minimum absolute atomic E-state index is 0.184. The number of benzene rings is 1. The molecular formula is C15H17F3N2O2. The molecule has 0 bridgehead atoms. The summed E-state index contributed by atoms with van der Waals surface area (Å²) in [6.45, 7) is 1.80. The van der Waals surface area contributed by atoms with Crippen LogP contribution in [0.25, 0.3) is 0 Å². The fourth-order valence-electron chi connectivity index (χ4n) is 2.37. The molecule has 1 atom stereocenters. The van der Waals surface area contributed by atoms with E-state index in [1.807, 2.05) is 0 Å². The first-order chi connectivity index (χ1) is 10.3. The molecule has 0 saturated carbocycles. The summed E-state index contributed by atoms with van der Waals surface area (Å²) >= 11 is 0. The molecule has 1 aromatic rings. The lowest BCUT2D eigenvalue weighted by Gasteiger charge is -2.32. The van der Waals surface area contributed by atoms with Crippen molar-refractivity contribution in [2.75, 3.05) is 0 Å². The van der Waals surface area contributed by atoms with E-state index >= 15 is 0 Å². The van der Waals surface area contributed by atoms with Crippen molar-refractivity contribution in [2.24, 2.45) is 5.10 Å². The predicted molar refractivity (Wildman–Crippen MR) is 75.0 cm³/mol. The maximum absolute atomic E-state index is 13.2. The number of aliphatic hydroxyl groups is 1. The zero-order valence-electron chi connectivity index (χ0n) is 12.1. The van der Waals surface area contributed by atoms with Gasteiger partial charge in [0.1, 0.15) is 0 Å². The van der Waals surface area contributed by atoms with E-state index in [1.165, 1.54) is 0 Å². The molecule has 0 spiro atoms. The van der Waals surface area contributed by atoms with Crippen LogP contribution >= 0.6 is 0 Å². The molecule has 0 saturated heterocycles. The number of carbonyl (C=O) groups is 1. The largest absolute Gasteiger partial charge is 0.438 e. The van der Waals surface area contributed by atoms with E-state index in [1.54, 1.807) is 37.3 Å². The smallest absolute Gasteiger partial charge is 0.362 e. The molecule has 2 rings (SSSR count). The third-order valence-corrected chi connectivity index (χ3v) is 3.47. The first-order valence-electron chi connectivity index (χ1n) is 7.00. The second-order valence-electron chi connectivity index (χ2n) is 5.28. The molecule has 1 aliphatic heterocycles. The molecule has 4 nitrogen and oxygen atoms in total. The zero-order chi connectivity index (χ0) is 16.4. The Morgan fingerprint density at radius 1 is 1.36 bits per heavy atom. The molecular weight excluding hydrogens is 297 g/mol. The molecule has 1 heterocycles. The van der Waals surface area contributed by atoms with Crippen LogP contribution in [0.3, 0.4) is 0 Å². The SMILES string of the molecule is CCCC1=NN(C(=O)Cc2ccccc2)C(O)(C(F)(F)F)C1. The van der Waals surface area contributed by atoms with Crippen LogP contribution in [0.2, 0.25) is 0 Å². The minimum Gasteiger partial charge on any atom is -0.362 e. The highest BCUT2D eigenvalue weighted by Crippen LogP contribution is 2.41. The number of carbonyl (C=O) groups excluding carboxylic acids is 1. The summed E-state index contributed by atoms with van der Waals surface area (Å²) in [5.74, 6) is -0.878. The Morgan fingerprint density at radius 3 is 2.55 bits per heavy atom. The number of rotatable bonds is 4. The highest BCUT2D eigenvalue weighted by atomic mass is 19.4. The minimum atomic E-state index is -4.96. The molecule has 120 valence electrons. The first-order valence-corrected chi connectivity index (χ1v) is 7.00. The van der Waals surface area contributed by atoms with Crippen LogP contribution in [0.5, 0.6) is 0 Å². The summed E-state index contributed by atoms with van der Waals surface area (Å²) in [6, 6.07) is 8.39. The Morgan fingerprint density at radius 2 is 2.00 bits per heavy atom. The van der Waals surface area contributed by atoms with Crippen molar-refractivity contribution >= 4 is 11.6 Å². The lowest BCUT2D eigenvalue weighted by Crippen LogP contribution is -2.57. The molecule has 1 amide bonds. The standard InChI is InChI=1S/C15H17F3N2O2/c1-2-6-12-10-14(22,15(16,17)18)20(19-12)13(21)9-11-7-4-3-5-8-11/h3-5,7-8,22H,2,6,9-10H2,1H3. The van der Waals surface area contributed by atoms with E-state index in [-0.39, 0.29) is 17.1 Å². The van der Waals surface area contributed by atoms with Crippen LogP contribution in [0.4, 0.5) is 13.2 Å². The van der Waals surface area contributed by atoms with E-state index in [0.717, 1.165) is 0 Å². The van der Waals surface area contributed by atoms with E-state index < -0.39 is 24.2 Å². The molecule has 0 fully saturated rings.